The van der Waals surface area contributed by atoms with Crippen LogP contribution in [0.15, 0.2) is 30.5 Å². The van der Waals surface area contributed by atoms with Gasteiger partial charge in [-0.15, -0.1) is 0 Å². The Bertz CT molecular complexity index is 1110. The van der Waals surface area contributed by atoms with Crippen molar-refractivity contribution in [3.63, 3.8) is 0 Å². The zero-order valence-corrected chi connectivity index (χ0v) is 19.7. The number of pyridine rings is 1. The van der Waals surface area contributed by atoms with E-state index in [1.54, 1.807) is 16.9 Å². The van der Waals surface area contributed by atoms with E-state index in [1.807, 2.05) is 59.7 Å². The Kier molecular flexibility index (Phi) is 7.28. The molecule has 7 heteroatoms. The molecule has 1 amide bonds. The predicted molar refractivity (Wildman–Crippen MR) is 126 cm³/mol. The van der Waals surface area contributed by atoms with Crippen molar-refractivity contribution in [2.24, 2.45) is 0 Å². The van der Waals surface area contributed by atoms with E-state index < -0.39 is 5.97 Å². The monoisotopic (exact) mass is 436 g/mol. The molecule has 2 heterocycles. The Hall–Kier alpha value is -3.22. The van der Waals surface area contributed by atoms with E-state index in [4.69, 9.17) is 9.72 Å². The molecule has 0 aliphatic heterocycles. The van der Waals surface area contributed by atoms with Crippen LogP contribution in [-0.4, -0.2) is 33.2 Å². The van der Waals surface area contributed by atoms with Crippen molar-refractivity contribution in [3.05, 3.63) is 52.8 Å². The van der Waals surface area contributed by atoms with Crippen LogP contribution >= 0.6 is 0 Å². The molecule has 0 saturated heterocycles. The van der Waals surface area contributed by atoms with Crippen molar-refractivity contribution in [2.45, 2.75) is 66.3 Å². The maximum Gasteiger partial charge on any atom is 0.339 e. The Morgan fingerprint density at radius 2 is 1.75 bits per heavy atom. The standard InChI is InChI=1S/C25H32N4O3/c1-7-17-10-9-11-18(8-2)23(17)28-22(30)14-32-25(31)19-12-21(15(3)4)27-24-20(19)13-26-29(24)16(5)6/h9-13,15-16H,7-8,14H2,1-6H3,(H,28,30). The molecule has 0 atom stereocenters. The number of anilines is 1. The van der Waals surface area contributed by atoms with Gasteiger partial charge in [-0.3, -0.25) is 4.79 Å². The van der Waals surface area contributed by atoms with E-state index >= 15 is 0 Å². The zero-order valence-electron chi connectivity index (χ0n) is 19.7. The lowest BCUT2D eigenvalue weighted by Gasteiger charge is -2.15. The fraction of sp³-hybridized carbons (Fsp3) is 0.440. The number of carbonyl (C=O) groups is 2. The molecule has 32 heavy (non-hydrogen) atoms. The van der Waals surface area contributed by atoms with Crippen molar-refractivity contribution in [1.29, 1.82) is 0 Å². The van der Waals surface area contributed by atoms with Crippen LogP contribution < -0.4 is 5.32 Å². The lowest BCUT2D eigenvalue weighted by molar-refractivity contribution is -0.119. The van der Waals surface area contributed by atoms with Gasteiger partial charge in [0, 0.05) is 17.4 Å². The summed E-state index contributed by atoms with van der Waals surface area (Å²) >= 11 is 0. The fourth-order valence-corrected chi connectivity index (χ4v) is 3.67. The van der Waals surface area contributed by atoms with E-state index in [0.717, 1.165) is 35.3 Å². The van der Waals surface area contributed by atoms with Crippen LogP contribution in [0.5, 0.6) is 0 Å². The Balaban J connectivity index is 1.82. The average Bonchev–Trinajstić information content (AvgIpc) is 3.21. The molecule has 7 nitrogen and oxygen atoms in total. The van der Waals surface area contributed by atoms with E-state index in [9.17, 15) is 9.59 Å². The predicted octanol–water partition coefficient (Wildman–Crippen LogP) is 5.06. The molecule has 0 aliphatic carbocycles. The lowest BCUT2D eigenvalue weighted by atomic mass is 10.0. The van der Waals surface area contributed by atoms with Crippen LogP contribution in [0.1, 0.15) is 80.7 Å². The number of para-hydroxylation sites is 1. The van der Waals surface area contributed by atoms with Gasteiger partial charge in [0.1, 0.15) is 0 Å². The van der Waals surface area contributed by atoms with Crippen LogP contribution in [0.25, 0.3) is 11.0 Å². The van der Waals surface area contributed by atoms with Crippen LogP contribution in [0.3, 0.4) is 0 Å². The summed E-state index contributed by atoms with van der Waals surface area (Å²) in [6.45, 7) is 11.8. The molecule has 1 aromatic carbocycles. The normalized spacial score (nSPS) is 11.4. The molecule has 0 aliphatic rings. The SMILES string of the molecule is CCc1cccc(CC)c1NC(=O)COC(=O)c1cc(C(C)C)nc2c1cnn2C(C)C. The van der Waals surface area contributed by atoms with Crippen molar-refractivity contribution in [3.8, 4) is 0 Å². The molecule has 3 aromatic rings. The maximum absolute atomic E-state index is 12.9. The molecule has 1 N–H and O–H groups in total. The second-order valence-electron chi connectivity index (χ2n) is 8.45. The summed E-state index contributed by atoms with van der Waals surface area (Å²) in [5, 5.41) is 7.95. The molecule has 0 bridgehead atoms. The van der Waals surface area contributed by atoms with E-state index in [0.29, 0.717) is 16.6 Å². The van der Waals surface area contributed by atoms with E-state index in [-0.39, 0.29) is 24.5 Å². The summed E-state index contributed by atoms with van der Waals surface area (Å²) in [5.41, 5.74) is 4.73. The van der Waals surface area contributed by atoms with Crippen LogP contribution in [0.2, 0.25) is 0 Å². The number of amides is 1. The average molecular weight is 437 g/mol. The third-order valence-electron chi connectivity index (χ3n) is 5.48. The number of hydrogen-bond donors (Lipinski definition) is 1. The zero-order chi connectivity index (χ0) is 23.4. The number of nitrogens with zero attached hydrogens (tertiary/aromatic N) is 3. The van der Waals surface area contributed by atoms with Gasteiger partial charge in [-0.2, -0.15) is 5.10 Å². The summed E-state index contributed by atoms with van der Waals surface area (Å²) in [7, 11) is 0. The topological polar surface area (TPSA) is 86.1 Å². The number of carbonyl (C=O) groups excluding carboxylic acids is 2. The molecule has 0 spiro atoms. The minimum atomic E-state index is -0.558. The second-order valence-corrected chi connectivity index (χ2v) is 8.45. The first-order valence-electron chi connectivity index (χ1n) is 11.2. The van der Waals surface area contributed by atoms with Gasteiger partial charge in [-0.05, 0) is 49.8 Å². The Labute approximate surface area is 189 Å². The van der Waals surface area contributed by atoms with E-state index in [1.165, 1.54) is 0 Å². The van der Waals surface area contributed by atoms with Gasteiger partial charge in [-0.25, -0.2) is 14.5 Å². The Morgan fingerprint density at radius 1 is 1.09 bits per heavy atom. The van der Waals surface area contributed by atoms with Crippen molar-refractivity contribution >= 4 is 28.6 Å². The van der Waals surface area contributed by atoms with Crippen molar-refractivity contribution in [1.82, 2.24) is 14.8 Å². The number of aromatic nitrogens is 3. The summed E-state index contributed by atoms with van der Waals surface area (Å²) in [6, 6.07) is 7.82. The third kappa shape index (κ3) is 4.82. The summed E-state index contributed by atoms with van der Waals surface area (Å²) < 4.78 is 7.20. The number of benzene rings is 1. The number of hydrogen-bond acceptors (Lipinski definition) is 5. The van der Waals surface area contributed by atoms with Gasteiger partial charge in [0.25, 0.3) is 5.91 Å². The number of esters is 1. The second kappa shape index (κ2) is 9.94. The molecule has 0 unspecified atom stereocenters. The number of ether oxygens (including phenoxy) is 1. The molecular formula is C25H32N4O3. The quantitative estimate of drug-likeness (QED) is 0.499. The molecule has 170 valence electrons. The first-order chi connectivity index (χ1) is 15.3. The number of nitrogens with one attached hydrogen (secondary N) is 1. The molecule has 2 aromatic heterocycles. The highest BCUT2D eigenvalue weighted by Crippen LogP contribution is 2.25. The highest BCUT2D eigenvalue weighted by atomic mass is 16.5. The minimum Gasteiger partial charge on any atom is -0.452 e. The molecule has 0 saturated carbocycles. The molecule has 3 rings (SSSR count). The summed E-state index contributed by atoms with van der Waals surface area (Å²) in [5.74, 6) is -0.791. The first kappa shape index (κ1) is 23.4. The maximum atomic E-state index is 12.9. The Morgan fingerprint density at radius 3 is 2.31 bits per heavy atom. The van der Waals surface area contributed by atoms with Gasteiger partial charge in [-0.1, -0.05) is 45.9 Å². The van der Waals surface area contributed by atoms with Crippen molar-refractivity contribution in [2.75, 3.05) is 11.9 Å². The number of fused-ring (bicyclic) bond motifs is 1. The van der Waals surface area contributed by atoms with Gasteiger partial charge >= 0.3 is 5.97 Å². The molecular weight excluding hydrogens is 404 g/mol. The van der Waals surface area contributed by atoms with Crippen molar-refractivity contribution < 1.29 is 14.3 Å². The number of rotatable bonds is 8. The van der Waals surface area contributed by atoms with E-state index in [2.05, 4.69) is 10.4 Å². The first-order valence-corrected chi connectivity index (χ1v) is 11.2. The van der Waals surface area contributed by atoms with Crippen LogP contribution in [0, 0.1) is 0 Å². The van der Waals surface area contributed by atoms with Crippen LogP contribution in [-0.2, 0) is 22.4 Å². The smallest absolute Gasteiger partial charge is 0.339 e. The largest absolute Gasteiger partial charge is 0.452 e. The van der Waals surface area contributed by atoms with Gasteiger partial charge in [0.05, 0.1) is 17.1 Å². The lowest BCUT2D eigenvalue weighted by Crippen LogP contribution is -2.22. The minimum absolute atomic E-state index is 0.100. The highest BCUT2D eigenvalue weighted by Gasteiger charge is 2.21. The van der Waals surface area contributed by atoms with Gasteiger partial charge in [0.15, 0.2) is 12.3 Å². The van der Waals surface area contributed by atoms with Crippen LogP contribution in [0.4, 0.5) is 5.69 Å². The fourth-order valence-electron chi connectivity index (χ4n) is 3.67. The number of aryl methyl sites for hydroxylation is 2. The molecule has 0 radical (unpaired) electrons. The summed E-state index contributed by atoms with van der Waals surface area (Å²) in [6.07, 6.45) is 3.24. The third-order valence-corrected chi connectivity index (χ3v) is 5.48. The van der Waals surface area contributed by atoms with Gasteiger partial charge < -0.3 is 10.1 Å². The highest BCUT2D eigenvalue weighted by molar-refractivity contribution is 6.04. The molecule has 0 fully saturated rings. The summed E-state index contributed by atoms with van der Waals surface area (Å²) in [4.78, 5) is 30.2. The van der Waals surface area contributed by atoms with Gasteiger partial charge in [0.2, 0.25) is 0 Å².